The molecular weight excluding hydrogens is 182 g/mol. The third kappa shape index (κ3) is 3.48. The summed E-state index contributed by atoms with van der Waals surface area (Å²) in [7, 11) is 0. The van der Waals surface area contributed by atoms with Crippen molar-refractivity contribution in [3.05, 3.63) is 0 Å². The Bertz CT molecular complexity index is 205. The molecule has 2 atom stereocenters. The number of hydrogen-bond acceptors (Lipinski definition) is 1. The second-order valence-electron chi connectivity index (χ2n) is 6.70. The molecule has 2 aliphatic rings. The van der Waals surface area contributed by atoms with E-state index in [0.29, 0.717) is 5.41 Å². The highest BCUT2D eigenvalue weighted by atomic mass is 14.9. The van der Waals surface area contributed by atoms with Crippen molar-refractivity contribution in [2.75, 3.05) is 6.54 Å². The van der Waals surface area contributed by atoms with E-state index in [1.54, 1.807) is 0 Å². The van der Waals surface area contributed by atoms with E-state index >= 15 is 0 Å². The maximum Gasteiger partial charge on any atom is 0.00979 e. The van der Waals surface area contributed by atoms with Crippen molar-refractivity contribution in [1.29, 1.82) is 0 Å². The monoisotopic (exact) mass is 209 g/mol. The van der Waals surface area contributed by atoms with Crippen LogP contribution in [0.2, 0.25) is 0 Å². The first-order valence-corrected chi connectivity index (χ1v) is 6.80. The van der Waals surface area contributed by atoms with Crippen molar-refractivity contribution in [3.63, 3.8) is 0 Å². The molecule has 88 valence electrons. The van der Waals surface area contributed by atoms with Gasteiger partial charge < -0.3 is 5.32 Å². The van der Waals surface area contributed by atoms with Gasteiger partial charge >= 0.3 is 0 Å². The van der Waals surface area contributed by atoms with Crippen molar-refractivity contribution in [1.82, 2.24) is 5.32 Å². The summed E-state index contributed by atoms with van der Waals surface area (Å²) in [5.41, 5.74) is 0.577. The summed E-state index contributed by atoms with van der Waals surface area (Å²) in [6.07, 6.45) is 8.65. The Hall–Kier alpha value is -0.0400. The van der Waals surface area contributed by atoms with Crippen LogP contribution in [0.3, 0.4) is 0 Å². The molecule has 2 fully saturated rings. The zero-order chi connectivity index (χ0) is 10.9. The van der Waals surface area contributed by atoms with Gasteiger partial charge in [0.15, 0.2) is 0 Å². The predicted octanol–water partition coefficient (Wildman–Crippen LogP) is 3.59. The van der Waals surface area contributed by atoms with E-state index in [1.165, 1.54) is 45.1 Å². The second-order valence-corrected chi connectivity index (χ2v) is 6.70. The van der Waals surface area contributed by atoms with Crippen molar-refractivity contribution >= 4 is 0 Å². The largest absolute Gasteiger partial charge is 0.314 e. The SMILES string of the molecule is CC1CC(C)(C)CC1NCCCC1CC1. The molecule has 0 heterocycles. The van der Waals surface area contributed by atoms with E-state index in [0.717, 1.165) is 17.9 Å². The molecule has 2 saturated carbocycles. The van der Waals surface area contributed by atoms with E-state index < -0.39 is 0 Å². The minimum absolute atomic E-state index is 0.577. The van der Waals surface area contributed by atoms with Gasteiger partial charge in [0.1, 0.15) is 0 Å². The van der Waals surface area contributed by atoms with E-state index in [2.05, 4.69) is 26.1 Å². The van der Waals surface area contributed by atoms with Crippen LogP contribution in [0, 0.1) is 17.3 Å². The molecule has 0 aromatic rings. The Morgan fingerprint density at radius 1 is 1.20 bits per heavy atom. The minimum atomic E-state index is 0.577. The van der Waals surface area contributed by atoms with Crippen molar-refractivity contribution in [2.24, 2.45) is 17.3 Å². The summed E-state index contributed by atoms with van der Waals surface area (Å²) in [6.45, 7) is 8.49. The summed E-state index contributed by atoms with van der Waals surface area (Å²) in [5.74, 6) is 1.98. The molecule has 0 amide bonds. The molecular formula is C14H27N. The molecule has 2 aliphatic carbocycles. The van der Waals surface area contributed by atoms with Gasteiger partial charge in [-0.25, -0.2) is 0 Å². The molecule has 1 nitrogen and oxygen atoms in total. The van der Waals surface area contributed by atoms with Gasteiger partial charge in [-0.1, -0.05) is 33.6 Å². The molecule has 0 spiro atoms. The van der Waals surface area contributed by atoms with Crippen LogP contribution in [0.25, 0.3) is 0 Å². The fourth-order valence-electron chi connectivity index (χ4n) is 3.25. The third-order valence-electron chi connectivity index (χ3n) is 4.23. The first kappa shape index (κ1) is 11.4. The molecule has 0 aliphatic heterocycles. The Morgan fingerprint density at radius 2 is 1.93 bits per heavy atom. The first-order chi connectivity index (χ1) is 7.07. The highest BCUT2D eigenvalue weighted by Crippen LogP contribution is 2.40. The standard InChI is InChI=1S/C14H27N/c1-11-9-14(2,3)10-13(11)15-8-4-5-12-6-7-12/h11-13,15H,4-10H2,1-3H3. The van der Waals surface area contributed by atoms with Gasteiger partial charge in [-0.05, 0) is 49.5 Å². The lowest BCUT2D eigenvalue weighted by Crippen LogP contribution is -2.32. The van der Waals surface area contributed by atoms with Gasteiger partial charge in [0, 0.05) is 6.04 Å². The fourth-order valence-corrected chi connectivity index (χ4v) is 3.25. The van der Waals surface area contributed by atoms with E-state index in [1.807, 2.05) is 0 Å². The summed E-state index contributed by atoms with van der Waals surface area (Å²) < 4.78 is 0. The van der Waals surface area contributed by atoms with Crippen LogP contribution in [-0.2, 0) is 0 Å². The fraction of sp³-hybridized carbons (Fsp3) is 1.00. The summed E-state index contributed by atoms with van der Waals surface area (Å²) >= 11 is 0. The lowest BCUT2D eigenvalue weighted by molar-refractivity contribution is 0.361. The number of rotatable bonds is 5. The topological polar surface area (TPSA) is 12.0 Å². The normalized spacial score (nSPS) is 34.6. The number of hydrogen-bond donors (Lipinski definition) is 1. The zero-order valence-corrected chi connectivity index (χ0v) is 10.7. The van der Waals surface area contributed by atoms with Crippen LogP contribution < -0.4 is 5.32 Å². The summed E-state index contributed by atoms with van der Waals surface area (Å²) in [5, 5.41) is 3.77. The van der Waals surface area contributed by atoms with E-state index in [4.69, 9.17) is 0 Å². The lowest BCUT2D eigenvalue weighted by atomic mass is 9.91. The van der Waals surface area contributed by atoms with Gasteiger partial charge in [-0.15, -0.1) is 0 Å². The summed E-state index contributed by atoms with van der Waals surface area (Å²) in [4.78, 5) is 0. The molecule has 0 saturated heterocycles. The first-order valence-electron chi connectivity index (χ1n) is 6.80. The Balaban J connectivity index is 1.61. The lowest BCUT2D eigenvalue weighted by Gasteiger charge is -2.18. The maximum absolute atomic E-state index is 3.77. The molecule has 2 unspecified atom stereocenters. The van der Waals surface area contributed by atoms with Crippen molar-refractivity contribution in [3.8, 4) is 0 Å². The maximum atomic E-state index is 3.77. The van der Waals surface area contributed by atoms with Crippen LogP contribution in [0.15, 0.2) is 0 Å². The van der Waals surface area contributed by atoms with Gasteiger partial charge in [-0.2, -0.15) is 0 Å². The third-order valence-corrected chi connectivity index (χ3v) is 4.23. The molecule has 0 aromatic heterocycles. The van der Waals surface area contributed by atoms with Gasteiger partial charge in [0.25, 0.3) is 0 Å². The average Bonchev–Trinajstić information content (AvgIpc) is 2.88. The minimum Gasteiger partial charge on any atom is -0.314 e. The predicted molar refractivity (Wildman–Crippen MR) is 65.9 cm³/mol. The van der Waals surface area contributed by atoms with E-state index in [-0.39, 0.29) is 0 Å². The highest BCUT2D eigenvalue weighted by molar-refractivity contribution is 4.91. The highest BCUT2D eigenvalue weighted by Gasteiger charge is 2.36. The van der Waals surface area contributed by atoms with Crippen LogP contribution in [0.1, 0.15) is 59.3 Å². The Kier molecular flexibility index (Phi) is 3.39. The molecule has 2 rings (SSSR count). The molecule has 1 heteroatoms. The van der Waals surface area contributed by atoms with Crippen molar-refractivity contribution in [2.45, 2.75) is 65.3 Å². The smallest absolute Gasteiger partial charge is 0.00979 e. The van der Waals surface area contributed by atoms with Crippen LogP contribution >= 0.6 is 0 Å². The van der Waals surface area contributed by atoms with Crippen LogP contribution in [0.5, 0.6) is 0 Å². The molecule has 0 bridgehead atoms. The Morgan fingerprint density at radius 3 is 2.47 bits per heavy atom. The van der Waals surface area contributed by atoms with Crippen LogP contribution in [0.4, 0.5) is 0 Å². The van der Waals surface area contributed by atoms with E-state index in [9.17, 15) is 0 Å². The molecule has 0 aromatic carbocycles. The molecule has 0 radical (unpaired) electrons. The van der Waals surface area contributed by atoms with Crippen molar-refractivity contribution < 1.29 is 0 Å². The average molecular weight is 209 g/mol. The second kappa shape index (κ2) is 4.45. The van der Waals surface area contributed by atoms with Gasteiger partial charge in [-0.3, -0.25) is 0 Å². The van der Waals surface area contributed by atoms with Crippen LogP contribution in [-0.4, -0.2) is 12.6 Å². The number of nitrogens with one attached hydrogen (secondary N) is 1. The molecule has 15 heavy (non-hydrogen) atoms. The zero-order valence-electron chi connectivity index (χ0n) is 10.7. The quantitative estimate of drug-likeness (QED) is 0.682. The molecule has 1 N–H and O–H groups in total. The van der Waals surface area contributed by atoms with Gasteiger partial charge in [0.2, 0.25) is 0 Å². The summed E-state index contributed by atoms with van der Waals surface area (Å²) in [6, 6.07) is 0.791. The Labute approximate surface area is 95.0 Å². The van der Waals surface area contributed by atoms with Gasteiger partial charge in [0.05, 0.1) is 0 Å².